The summed E-state index contributed by atoms with van der Waals surface area (Å²) in [7, 11) is 1.75. The first-order chi connectivity index (χ1) is 8.90. The highest BCUT2D eigenvalue weighted by molar-refractivity contribution is 5.87. The molecule has 19 heavy (non-hydrogen) atoms. The number of carbonyl (C=O) groups is 2. The molecule has 0 aliphatic heterocycles. The molecule has 0 fully saturated rings. The van der Waals surface area contributed by atoms with E-state index < -0.39 is 5.97 Å². The van der Waals surface area contributed by atoms with Crippen LogP contribution in [0.4, 0.5) is 4.79 Å². The molecule has 0 spiro atoms. The molecule has 0 bridgehead atoms. The number of carboxylic acid groups (broad SMARTS) is 1. The first kappa shape index (κ1) is 15.0. The van der Waals surface area contributed by atoms with Gasteiger partial charge >= 0.3 is 12.0 Å². The van der Waals surface area contributed by atoms with Crippen LogP contribution in [0.2, 0.25) is 0 Å². The first-order valence-corrected chi connectivity index (χ1v) is 6.21. The zero-order valence-electron chi connectivity index (χ0n) is 11.5. The fourth-order valence-corrected chi connectivity index (χ4v) is 1.71. The van der Waals surface area contributed by atoms with E-state index in [1.165, 1.54) is 12.1 Å². The van der Waals surface area contributed by atoms with Crippen molar-refractivity contribution in [2.75, 3.05) is 13.6 Å². The molecule has 1 aromatic rings. The molecule has 0 heterocycles. The smallest absolute Gasteiger partial charge is 0.335 e. The van der Waals surface area contributed by atoms with Crippen molar-refractivity contribution >= 4 is 12.0 Å². The molecule has 0 unspecified atom stereocenters. The van der Waals surface area contributed by atoms with Gasteiger partial charge in [0.2, 0.25) is 0 Å². The molecule has 0 saturated carbocycles. The van der Waals surface area contributed by atoms with Gasteiger partial charge in [0.25, 0.3) is 0 Å². The number of nitrogens with one attached hydrogen (secondary N) is 1. The summed E-state index contributed by atoms with van der Waals surface area (Å²) in [5.41, 5.74) is 1.11. The maximum Gasteiger partial charge on any atom is 0.335 e. The molecule has 5 nitrogen and oxygen atoms in total. The van der Waals surface area contributed by atoms with Crippen LogP contribution in [-0.2, 0) is 6.54 Å². The third-order valence-corrected chi connectivity index (χ3v) is 2.63. The third-order valence-electron chi connectivity index (χ3n) is 2.63. The van der Waals surface area contributed by atoms with E-state index in [1.54, 1.807) is 24.1 Å². The van der Waals surface area contributed by atoms with Crippen LogP contribution < -0.4 is 5.32 Å². The Hall–Kier alpha value is -2.04. The lowest BCUT2D eigenvalue weighted by atomic mass is 10.1. The Labute approximate surface area is 113 Å². The van der Waals surface area contributed by atoms with E-state index in [0.717, 1.165) is 5.56 Å². The van der Waals surface area contributed by atoms with Crippen molar-refractivity contribution in [3.8, 4) is 0 Å². The molecule has 0 aliphatic rings. The molecule has 0 aliphatic carbocycles. The van der Waals surface area contributed by atoms with Gasteiger partial charge in [-0.1, -0.05) is 26.0 Å². The number of carbonyl (C=O) groups excluding carboxylic acids is 1. The quantitative estimate of drug-likeness (QED) is 0.856. The predicted molar refractivity (Wildman–Crippen MR) is 73.1 cm³/mol. The zero-order valence-corrected chi connectivity index (χ0v) is 11.5. The van der Waals surface area contributed by atoms with Gasteiger partial charge in [0, 0.05) is 20.1 Å². The average molecular weight is 264 g/mol. The van der Waals surface area contributed by atoms with Crippen LogP contribution in [0.25, 0.3) is 0 Å². The van der Waals surface area contributed by atoms with E-state index in [-0.39, 0.29) is 11.6 Å². The fraction of sp³-hybridized carbons (Fsp3) is 0.429. The lowest BCUT2D eigenvalue weighted by molar-refractivity contribution is 0.0697. The normalized spacial score (nSPS) is 10.3. The van der Waals surface area contributed by atoms with Crippen LogP contribution in [0, 0.1) is 5.92 Å². The number of nitrogens with zero attached hydrogens (tertiary/aromatic N) is 1. The molecular weight excluding hydrogens is 244 g/mol. The van der Waals surface area contributed by atoms with Crippen LogP contribution in [-0.4, -0.2) is 35.6 Å². The lowest BCUT2D eigenvalue weighted by Gasteiger charge is -2.19. The Balaban J connectivity index is 2.48. The Kier molecular flexibility index (Phi) is 5.36. The summed E-state index contributed by atoms with van der Waals surface area (Å²) in [5.74, 6) is -0.530. The van der Waals surface area contributed by atoms with Gasteiger partial charge in [-0.3, -0.25) is 0 Å². The van der Waals surface area contributed by atoms with Gasteiger partial charge < -0.3 is 15.3 Å². The molecular formula is C14H20N2O3. The van der Waals surface area contributed by atoms with Gasteiger partial charge in [-0.25, -0.2) is 9.59 Å². The minimum Gasteiger partial charge on any atom is -0.478 e. The molecule has 0 atom stereocenters. The predicted octanol–water partition coefficient (Wildman–Crippen LogP) is 2.18. The van der Waals surface area contributed by atoms with Crippen molar-refractivity contribution in [1.82, 2.24) is 10.2 Å². The monoisotopic (exact) mass is 264 g/mol. The maximum atomic E-state index is 11.7. The molecule has 2 amide bonds. The number of urea groups is 1. The maximum absolute atomic E-state index is 11.7. The summed E-state index contributed by atoms with van der Waals surface area (Å²) in [6, 6.07) is 6.33. The highest BCUT2D eigenvalue weighted by Crippen LogP contribution is 2.04. The van der Waals surface area contributed by atoms with Gasteiger partial charge in [-0.15, -0.1) is 0 Å². The molecule has 1 rings (SSSR count). The van der Waals surface area contributed by atoms with Crippen molar-refractivity contribution in [2.24, 2.45) is 5.92 Å². The second kappa shape index (κ2) is 6.78. The van der Waals surface area contributed by atoms with E-state index in [9.17, 15) is 9.59 Å². The van der Waals surface area contributed by atoms with Gasteiger partial charge in [-0.05, 0) is 23.6 Å². The van der Waals surface area contributed by atoms with Crippen LogP contribution in [0.1, 0.15) is 29.8 Å². The number of hydrogen-bond donors (Lipinski definition) is 2. The summed E-state index contributed by atoms with van der Waals surface area (Å²) in [6.07, 6.45) is 0. The molecule has 2 N–H and O–H groups in total. The van der Waals surface area contributed by atoms with Crippen LogP contribution in [0.5, 0.6) is 0 Å². The van der Waals surface area contributed by atoms with Crippen LogP contribution in [0.15, 0.2) is 24.3 Å². The van der Waals surface area contributed by atoms with E-state index in [4.69, 9.17) is 5.11 Å². The number of carboxylic acids is 1. The summed E-state index contributed by atoms with van der Waals surface area (Å²) in [5, 5.41) is 11.6. The van der Waals surface area contributed by atoms with Gasteiger partial charge in [0.1, 0.15) is 0 Å². The second-order valence-electron chi connectivity index (χ2n) is 4.94. The van der Waals surface area contributed by atoms with Gasteiger partial charge in [-0.2, -0.15) is 0 Å². The lowest BCUT2D eigenvalue weighted by Crippen LogP contribution is -2.38. The largest absolute Gasteiger partial charge is 0.478 e. The fourth-order valence-electron chi connectivity index (χ4n) is 1.71. The standard InChI is InChI=1S/C14H20N2O3/c1-10(2)9-16(3)14(19)15-8-11-4-6-12(7-5-11)13(17)18/h4-7,10H,8-9H2,1-3H3,(H,15,19)(H,17,18). The van der Waals surface area contributed by atoms with Crippen molar-refractivity contribution in [2.45, 2.75) is 20.4 Å². The number of hydrogen-bond acceptors (Lipinski definition) is 2. The minimum absolute atomic E-state index is 0.129. The number of benzene rings is 1. The SMILES string of the molecule is CC(C)CN(C)C(=O)NCc1ccc(C(=O)O)cc1. The molecule has 0 aromatic heterocycles. The van der Waals surface area contributed by atoms with E-state index >= 15 is 0 Å². The van der Waals surface area contributed by atoms with Crippen molar-refractivity contribution in [3.05, 3.63) is 35.4 Å². The summed E-state index contributed by atoms with van der Waals surface area (Å²) < 4.78 is 0. The molecule has 104 valence electrons. The third kappa shape index (κ3) is 4.99. The molecule has 1 aromatic carbocycles. The van der Waals surface area contributed by atoms with Gasteiger partial charge in [0.15, 0.2) is 0 Å². The van der Waals surface area contributed by atoms with Crippen molar-refractivity contribution in [1.29, 1.82) is 0 Å². The highest BCUT2D eigenvalue weighted by Gasteiger charge is 2.09. The molecule has 0 saturated heterocycles. The van der Waals surface area contributed by atoms with E-state index in [1.807, 2.05) is 0 Å². The topological polar surface area (TPSA) is 69.6 Å². The Morgan fingerprint density at radius 1 is 1.26 bits per heavy atom. The Morgan fingerprint density at radius 3 is 2.32 bits per heavy atom. The Morgan fingerprint density at radius 2 is 1.84 bits per heavy atom. The summed E-state index contributed by atoms with van der Waals surface area (Å²) >= 11 is 0. The van der Waals surface area contributed by atoms with Crippen LogP contribution >= 0.6 is 0 Å². The Bertz CT molecular complexity index is 441. The van der Waals surface area contributed by atoms with Crippen molar-refractivity contribution in [3.63, 3.8) is 0 Å². The highest BCUT2D eigenvalue weighted by atomic mass is 16.4. The summed E-state index contributed by atoms with van der Waals surface area (Å²) in [6.45, 7) is 5.19. The van der Waals surface area contributed by atoms with Gasteiger partial charge in [0.05, 0.1) is 5.56 Å². The zero-order chi connectivity index (χ0) is 14.4. The van der Waals surface area contributed by atoms with Crippen molar-refractivity contribution < 1.29 is 14.7 Å². The number of aromatic carboxylic acids is 1. The first-order valence-electron chi connectivity index (χ1n) is 6.21. The average Bonchev–Trinajstić information content (AvgIpc) is 2.35. The van der Waals surface area contributed by atoms with E-state index in [2.05, 4.69) is 19.2 Å². The second-order valence-corrected chi connectivity index (χ2v) is 4.94. The van der Waals surface area contributed by atoms with Crippen LogP contribution in [0.3, 0.4) is 0 Å². The van der Waals surface area contributed by atoms with E-state index in [0.29, 0.717) is 19.0 Å². The number of rotatable bonds is 5. The molecule has 0 radical (unpaired) electrons. The molecule has 5 heteroatoms. The summed E-state index contributed by atoms with van der Waals surface area (Å²) in [4.78, 5) is 24.1. The number of amides is 2. The minimum atomic E-state index is -0.952.